The number of hydrogen-bond donors (Lipinski definition) is 1. The molecule has 0 bridgehead atoms. The van der Waals surface area contributed by atoms with Gasteiger partial charge in [-0.05, 0) is 32.8 Å². The van der Waals surface area contributed by atoms with Gasteiger partial charge >= 0.3 is 0 Å². The van der Waals surface area contributed by atoms with Crippen molar-refractivity contribution < 1.29 is 4.79 Å². The lowest BCUT2D eigenvalue weighted by atomic mass is 9.94. The highest BCUT2D eigenvalue weighted by atomic mass is 35.5. The number of nitrogens with zero attached hydrogens (tertiary/aromatic N) is 2. The molecule has 4 nitrogen and oxygen atoms in total. The first-order valence-corrected chi connectivity index (χ1v) is 8.25. The Balaban J connectivity index is 2.15. The maximum absolute atomic E-state index is 12.7. The second-order valence-electron chi connectivity index (χ2n) is 5.47. The van der Waals surface area contributed by atoms with Crippen LogP contribution in [0.2, 0.25) is 5.02 Å². The van der Waals surface area contributed by atoms with Crippen molar-refractivity contribution >= 4 is 23.3 Å². The van der Waals surface area contributed by atoms with Gasteiger partial charge in [0, 0.05) is 25.3 Å². The van der Waals surface area contributed by atoms with E-state index in [1.165, 1.54) is 19.3 Å². The van der Waals surface area contributed by atoms with Crippen molar-refractivity contribution in [2.24, 2.45) is 0 Å². The van der Waals surface area contributed by atoms with Gasteiger partial charge in [-0.15, -0.1) is 0 Å². The average Bonchev–Trinajstić information content (AvgIpc) is 2.51. The van der Waals surface area contributed by atoms with Crippen LogP contribution >= 0.6 is 11.6 Å². The Bertz CT molecular complexity index is 486. The fourth-order valence-electron chi connectivity index (χ4n) is 2.98. The number of aromatic nitrogens is 1. The number of halogens is 1. The number of pyridine rings is 1. The van der Waals surface area contributed by atoms with Crippen LogP contribution in [-0.2, 0) is 0 Å². The van der Waals surface area contributed by atoms with Gasteiger partial charge in [-0.25, -0.2) is 4.98 Å². The molecule has 1 fully saturated rings. The maximum atomic E-state index is 12.7. The summed E-state index contributed by atoms with van der Waals surface area (Å²) in [6, 6.07) is 2.09. The fourth-order valence-corrected chi connectivity index (χ4v) is 3.21. The molecule has 1 aliphatic rings. The maximum Gasteiger partial charge on any atom is 0.255 e. The van der Waals surface area contributed by atoms with Gasteiger partial charge in [0.1, 0.15) is 5.82 Å². The van der Waals surface area contributed by atoms with E-state index in [4.69, 9.17) is 11.6 Å². The number of anilines is 1. The van der Waals surface area contributed by atoms with E-state index in [0.717, 1.165) is 25.9 Å². The quantitative estimate of drug-likeness (QED) is 0.895. The molecule has 1 aromatic heterocycles. The molecular formula is C16H24ClN3O. The number of rotatable bonds is 5. The van der Waals surface area contributed by atoms with Gasteiger partial charge in [-0.3, -0.25) is 4.79 Å². The van der Waals surface area contributed by atoms with Crippen molar-refractivity contribution in [1.29, 1.82) is 0 Å². The van der Waals surface area contributed by atoms with Gasteiger partial charge in [0.25, 0.3) is 5.91 Å². The number of nitrogens with one attached hydrogen (secondary N) is 1. The van der Waals surface area contributed by atoms with Crippen molar-refractivity contribution in [2.45, 2.75) is 52.0 Å². The minimum Gasteiger partial charge on any atom is -0.369 e. The highest BCUT2D eigenvalue weighted by molar-refractivity contribution is 6.33. The summed E-state index contributed by atoms with van der Waals surface area (Å²) in [5.74, 6) is 0.679. The molecule has 1 N–H and O–H groups in total. The highest BCUT2D eigenvalue weighted by Gasteiger charge is 2.25. The first-order valence-electron chi connectivity index (χ1n) is 7.87. The summed E-state index contributed by atoms with van der Waals surface area (Å²) >= 11 is 6.19. The summed E-state index contributed by atoms with van der Waals surface area (Å²) in [6.45, 7) is 5.51. The summed E-state index contributed by atoms with van der Waals surface area (Å²) in [5.41, 5.74) is 0.578. The number of carbonyl (C=O) groups is 1. The zero-order valence-corrected chi connectivity index (χ0v) is 13.6. The second-order valence-corrected chi connectivity index (χ2v) is 5.87. The van der Waals surface area contributed by atoms with Crippen LogP contribution in [0.25, 0.3) is 0 Å². The molecule has 1 aliphatic carbocycles. The van der Waals surface area contributed by atoms with Crippen LogP contribution in [-0.4, -0.2) is 34.9 Å². The van der Waals surface area contributed by atoms with Crippen molar-refractivity contribution in [3.05, 3.63) is 22.8 Å². The normalized spacial score (nSPS) is 15.8. The Morgan fingerprint density at radius 1 is 1.38 bits per heavy atom. The van der Waals surface area contributed by atoms with Crippen LogP contribution in [0, 0.1) is 0 Å². The van der Waals surface area contributed by atoms with Crippen LogP contribution in [0.15, 0.2) is 12.3 Å². The number of carbonyl (C=O) groups excluding carboxylic acids is 1. The molecular weight excluding hydrogens is 286 g/mol. The molecule has 0 saturated heterocycles. The zero-order valence-electron chi connectivity index (χ0n) is 12.9. The fraction of sp³-hybridized carbons (Fsp3) is 0.625. The molecule has 1 heterocycles. The van der Waals surface area contributed by atoms with Gasteiger partial charge in [0.2, 0.25) is 0 Å². The lowest BCUT2D eigenvalue weighted by Gasteiger charge is -2.33. The molecule has 0 aromatic carbocycles. The highest BCUT2D eigenvalue weighted by Crippen LogP contribution is 2.25. The van der Waals surface area contributed by atoms with Crippen LogP contribution in [0.4, 0.5) is 5.82 Å². The average molecular weight is 310 g/mol. The largest absolute Gasteiger partial charge is 0.369 e. The van der Waals surface area contributed by atoms with E-state index in [1.807, 2.05) is 18.7 Å². The first kappa shape index (κ1) is 16.1. The summed E-state index contributed by atoms with van der Waals surface area (Å²) in [6.07, 6.45) is 7.55. The van der Waals surface area contributed by atoms with E-state index in [0.29, 0.717) is 22.4 Å². The predicted molar refractivity (Wildman–Crippen MR) is 87.0 cm³/mol. The molecule has 1 saturated carbocycles. The van der Waals surface area contributed by atoms with Gasteiger partial charge < -0.3 is 10.2 Å². The molecule has 0 radical (unpaired) electrons. The standard InChI is InChI=1S/C16H24ClN3O/c1-3-18-15-14(17)10-12(11-19-15)16(21)20(4-2)13-8-6-5-7-9-13/h10-11,13H,3-9H2,1-2H3,(H,18,19). The SMILES string of the molecule is CCNc1ncc(C(=O)N(CC)C2CCCCC2)cc1Cl. The summed E-state index contributed by atoms with van der Waals surface area (Å²) in [7, 11) is 0. The molecule has 0 unspecified atom stereocenters. The lowest BCUT2D eigenvalue weighted by molar-refractivity contribution is 0.0647. The van der Waals surface area contributed by atoms with Crippen molar-refractivity contribution in [3.63, 3.8) is 0 Å². The van der Waals surface area contributed by atoms with Crippen molar-refractivity contribution in [3.8, 4) is 0 Å². The molecule has 116 valence electrons. The summed E-state index contributed by atoms with van der Waals surface area (Å²) in [4.78, 5) is 18.9. The minimum absolute atomic E-state index is 0.0434. The lowest BCUT2D eigenvalue weighted by Crippen LogP contribution is -2.41. The van der Waals surface area contributed by atoms with Crippen LogP contribution in [0.3, 0.4) is 0 Å². The van der Waals surface area contributed by atoms with Gasteiger partial charge in [-0.2, -0.15) is 0 Å². The molecule has 21 heavy (non-hydrogen) atoms. The first-order chi connectivity index (χ1) is 10.2. The zero-order chi connectivity index (χ0) is 15.2. The molecule has 5 heteroatoms. The van der Waals surface area contributed by atoms with Crippen LogP contribution < -0.4 is 5.32 Å². The van der Waals surface area contributed by atoms with E-state index in [2.05, 4.69) is 10.3 Å². The van der Waals surface area contributed by atoms with Crippen molar-refractivity contribution in [2.75, 3.05) is 18.4 Å². The predicted octanol–water partition coefficient (Wildman–Crippen LogP) is 3.96. The third kappa shape index (κ3) is 3.88. The molecule has 1 amide bonds. The van der Waals surface area contributed by atoms with E-state index >= 15 is 0 Å². The minimum atomic E-state index is 0.0434. The Labute approximate surface area is 131 Å². The summed E-state index contributed by atoms with van der Waals surface area (Å²) < 4.78 is 0. The van der Waals surface area contributed by atoms with E-state index in [1.54, 1.807) is 12.3 Å². The molecule has 0 aliphatic heterocycles. The smallest absolute Gasteiger partial charge is 0.255 e. The van der Waals surface area contributed by atoms with Gasteiger partial charge in [0.15, 0.2) is 0 Å². The Hall–Kier alpha value is -1.29. The topological polar surface area (TPSA) is 45.2 Å². The summed E-state index contributed by atoms with van der Waals surface area (Å²) in [5, 5.41) is 3.58. The Kier molecular flexibility index (Phi) is 5.85. The van der Waals surface area contributed by atoms with Gasteiger partial charge in [0.05, 0.1) is 10.6 Å². The van der Waals surface area contributed by atoms with Crippen LogP contribution in [0.1, 0.15) is 56.3 Å². The van der Waals surface area contributed by atoms with Gasteiger partial charge in [-0.1, -0.05) is 30.9 Å². The monoisotopic (exact) mass is 309 g/mol. The molecule has 1 aromatic rings. The second kappa shape index (κ2) is 7.64. The van der Waals surface area contributed by atoms with Crippen LogP contribution in [0.5, 0.6) is 0 Å². The van der Waals surface area contributed by atoms with E-state index in [9.17, 15) is 4.79 Å². The molecule has 2 rings (SSSR count). The Morgan fingerprint density at radius 3 is 2.67 bits per heavy atom. The number of hydrogen-bond acceptors (Lipinski definition) is 3. The number of amides is 1. The molecule has 0 atom stereocenters. The molecule has 0 spiro atoms. The Morgan fingerprint density at radius 2 is 2.10 bits per heavy atom. The van der Waals surface area contributed by atoms with Crippen molar-refractivity contribution in [1.82, 2.24) is 9.88 Å². The third-order valence-electron chi connectivity index (χ3n) is 4.05. The van der Waals surface area contributed by atoms with E-state index in [-0.39, 0.29) is 5.91 Å². The third-order valence-corrected chi connectivity index (χ3v) is 4.34. The van der Waals surface area contributed by atoms with E-state index < -0.39 is 0 Å².